The SMILES string of the molecule is COc1ccccc1CCNCc1cc(Cl)ccc1OCc1c(Cl)cccc1Cl. The highest BCUT2D eigenvalue weighted by Gasteiger charge is 2.10. The molecule has 3 aromatic rings. The lowest BCUT2D eigenvalue weighted by molar-refractivity contribution is 0.302. The van der Waals surface area contributed by atoms with E-state index in [4.69, 9.17) is 44.3 Å². The Hall–Kier alpha value is -1.91. The van der Waals surface area contributed by atoms with Gasteiger partial charge < -0.3 is 14.8 Å². The molecule has 3 aromatic carbocycles. The number of rotatable bonds is 9. The van der Waals surface area contributed by atoms with Gasteiger partial charge in [0.05, 0.1) is 7.11 Å². The first-order chi connectivity index (χ1) is 14.1. The van der Waals surface area contributed by atoms with Crippen LogP contribution in [-0.4, -0.2) is 13.7 Å². The highest BCUT2D eigenvalue weighted by atomic mass is 35.5. The summed E-state index contributed by atoms with van der Waals surface area (Å²) in [7, 11) is 1.69. The summed E-state index contributed by atoms with van der Waals surface area (Å²) < 4.78 is 11.4. The molecule has 0 aliphatic rings. The molecule has 0 bridgehead atoms. The highest BCUT2D eigenvalue weighted by Crippen LogP contribution is 2.28. The molecule has 0 amide bonds. The fourth-order valence-corrected chi connectivity index (χ4v) is 3.70. The van der Waals surface area contributed by atoms with Crippen LogP contribution in [0.25, 0.3) is 0 Å². The minimum atomic E-state index is 0.286. The summed E-state index contributed by atoms with van der Waals surface area (Å²) in [5.41, 5.74) is 2.90. The van der Waals surface area contributed by atoms with Gasteiger partial charge in [0.1, 0.15) is 18.1 Å². The van der Waals surface area contributed by atoms with Crippen molar-refractivity contribution in [2.45, 2.75) is 19.6 Å². The van der Waals surface area contributed by atoms with E-state index in [2.05, 4.69) is 11.4 Å². The van der Waals surface area contributed by atoms with Crippen LogP contribution < -0.4 is 14.8 Å². The normalized spacial score (nSPS) is 10.8. The van der Waals surface area contributed by atoms with Crippen molar-refractivity contribution in [3.05, 3.63) is 92.4 Å². The molecule has 3 rings (SSSR count). The van der Waals surface area contributed by atoms with Gasteiger partial charge in [0, 0.05) is 32.7 Å². The maximum Gasteiger partial charge on any atom is 0.124 e. The Morgan fingerprint density at radius 1 is 0.828 bits per heavy atom. The molecule has 0 saturated carbocycles. The van der Waals surface area contributed by atoms with Crippen molar-refractivity contribution in [1.82, 2.24) is 5.32 Å². The molecule has 1 N–H and O–H groups in total. The van der Waals surface area contributed by atoms with Gasteiger partial charge in [0.25, 0.3) is 0 Å². The van der Waals surface area contributed by atoms with E-state index < -0.39 is 0 Å². The fraction of sp³-hybridized carbons (Fsp3) is 0.217. The van der Waals surface area contributed by atoms with Crippen molar-refractivity contribution in [3.8, 4) is 11.5 Å². The Labute approximate surface area is 186 Å². The molecule has 0 atom stereocenters. The zero-order valence-corrected chi connectivity index (χ0v) is 18.3. The Kier molecular flexibility index (Phi) is 8.08. The molecule has 0 radical (unpaired) electrons. The summed E-state index contributed by atoms with van der Waals surface area (Å²) in [6.45, 7) is 1.71. The molecule has 0 fully saturated rings. The van der Waals surface area contributed by atoms with E-state index in [9.17, 15) is 0 Å². The summed E-state index contributed by atoms with van der Waals surface area (Å²) in [5.74, 6) is 1.65. The van der Waals surface area contributed by atoms with Crippen molar-refractivity contribution in [1.29, 1.82) is 0 Å². The third kappa shape index (κ3) is 6.03. The lowest BCUT2D eigenvalue weighted by Gasteiger charge is -2.14. The molecule has 6 heteroatoms. The Bertz CT molecular complexity index is 942. The molecule has 0 unspecified atom stereocenters. The molecule has 0 aromatic heterocycles. The second-order valence-electron chi connectivity index (χ2n) is 6.48. The number of halogens is 3. The van der Waals surface area contributed by atoms with E-state index in [1.165, 1.54) is 5.56 Å². The van der Waals surface area contributed by atoms with Crippen LogP contribution in [-0.2, 0) is 19.6 Å². The summed E-state index contributed by atoms with van der Waals surface area (Å²) in [6, 6.07) is 19.0. The summed E-state index contributed by atoms with van der Waals surface area (Å²) in [5, 5.41) is 5.28. The van der Waals surface area contributed by atoms with Crippen LogP contribution in [0.4, 0.5) is 0 Å². The average molecular weight is 451 g/mol. The minimum Gasteiger partial charge on any atom is -0.496 e. The lowest BCUT2D eigenvalue weighted by atomic mass is 10.1. The molecule has 0 saturated heterocycles. The van der Waals surface area contributed by atoms with Crippen LogP contribution in [0, 0.1) is 0 Å². The summed E-state index contributed by atoms with van der Waals surface area (Å²) in [6.07, 6.45) is 0.857. The van der Waals surface area contributed by atoms with Crippen molar-refractivity contribution in [2.75, 3.05) is 13.7 Å². The van der Waals surface area contributed by atoms with E-state index >= 15 is 0 Å². The molecule has 152 valence electrons. The van der Waals surface area contributed by atoms with Crippen molar-refractivity contribution in [2.24, 2.45) is 0 Å². The van der Waals surface area contributed by atoms with Gasteiger partial charge in [-0.1, -0.05) is 59.1 Å². The predicted octanol–water partition coefficient (Wildman–Crippen LogP) is 6.57. The maximum absolute atomic E-state index is 6.24. The van der Waals surface area contributed by atoms with E-state index in [0.717, 1.165) is 35.6 Å². The molecule has 0 spiro atoms. The largest absolute Gasteiger partial charge is 0.496 e. The molecular weight excluding hydrogens is 429 g/mol. The first-order valence-corrected chi connectivity index (χ1v) is 10.4. The third-order valence-corrected chi connectivity index (χ3v) is 5.48. The number of methoxy groups -OCH3 is 1. The molecular formula is C23H22Cl3NO2. The zero-order valence-electron chi connectivity index (χ0n) is 16.1. The summed E-state index contributed by atoms with van der Waals surface area (Å²) in [4.78, 5) is 0. The number of benzene rings is 3. The van der Waals surface area contributed by atoms with Gasteiger partial charge >= 0.3 is 0 Å². The van der Waals surface area contributed by atoms with Crippen molar-refractivity contribution < 1.29 is 9.47 Å². The van der Waals surface area contributed by atoms with E-state index in [0.29, 0.717) is 21.6 Å². The summed E-state index contributed by atoms with van der Waals surface area (Å²) >= 11 is 18.7. The van der Waals surface area contributed by atoms with E-state index in [1.807, 2.05) is 42.5 Å². The van der Waals surface area contributed by atoms with Crippen LogP contribution in [0.5, 0.6) is 11.5 Å². The Balaban J connectivity index is 1.61. The topological polar surface area (TPSA) is 30.5 Å². The lowest BCUT2D eigenvalue weighted by Crippen LogP contribution is -2.17. The van der Waals surface area contributed by atoms with E-state index in [1.54, 1.807) is 19.2 Å². The van der Waals surface area contributed by atoms with Gasteiger partial charge in [0.2, 0.25) is 0 Å². The molecule has 0 heterocycles. The van der Waals surface area contributed by atoms with Crippen LogP contribution >= 0.6 is 34.8 Å². The Morgan fingerprint density at radius 2 is 1.59 bits per heavy atom. The van der Waals surface area contributed by atoms with Crippen molar-refractivity contribution >= 4 is 34.8 Å². The van der Waals surface area contributed by atoms with Crippen LogP contribution in [0.2, 0.25) is 15.1 Å². The number of ether oxygens (including phenoxy) is 2. The molecule has 0 aliphatic heterocycles. The maximum atomic E-state index is 6.24. The van der Waals surface area contributed by atoms with Gasteiger partial charge in [-0.05, 0) is 54.9 Å². The number of hydrogen-bond acceptors (Lipinski definition) is 3. The van der Waals surface area contributed by atoms with Crippen LogP contribution in [0.15, 0.2) is 60.7 Å². The van der Waals surface area contributed by atoms with Crippen LogP contribution in [0.1, 0.15) is 16.7 Å². The standard InChI is InChI=1S/C23H22Cl3NO2/c1-28-22-8-3-2-5-16(22)11-12-27-14-17-13-18(24)9-10-23(17)29-15-19-20(25)6-4-7-21(19)26/h2-10,13,27H,11-12,14-15H2,1H3. The Morgan fingerprint density at radius 3 is 2.34 bits per heavy atom. The first-order valence-electron chi connectivity index (χ1n) is 9.25. The van der Waals surface area contributed by atoms with Gasteiger partial charge in [-0.15, -0.1) is 0 Å². The number of hydrogen-bond donors (Lipinski definition) is 1. The van der Waals surface area contributed by atoms with Gasteiger partial charge in [-0.25, -0.2) is 0 Å². The highest BCUT2D eigenvalue weighted by molar-refractivity contribution is 6.36. The second kappa shape index (κ2) is 10.7. The number of para-hydroxylation sites is 1. The smallest absolute Gasteiger partial charge is 0.124 e. The average Bonchev–Trinajstić information content (AvgIpc) is 2.72. The third-order valence-electron chi connectivity index (χ3n) is 4.54. The van der Waals surface area contributed by atoms with Gasteiger partial charge in [-0.3, -0.25) is 0 Å². The molecule has 29 heavy (non-hydrogen) atoms. The van der Waals surface area contributed by atoms with Gasteiger partial charge in [0.15, 0.2) is 0 Å². The fourth-order valence-electron chi connectivity index (χ4n) is 3.00. The molecule has 3 nitrogen and oxygen atoms in total. The predicted molar refractivity (Wildman–Crippen MR) is 121 cm³/mol. The zero-order chi connectivity index (χ0) is 20.6. The van der Waals surface area contributed by atoms with Crippen LogP contribution in [0.3, 0.4) is 0 Å². The van der Waals surface area contributed by atoms with E-state index in [-0.39, 0.29) is 6.61 Å². The van der Waals surface area contributed by atoms with Gasteiger partial charge in [-0.2, -0.15) is 0 Å². The monoisotopic (exact) mass is 449 g/mol. The van der Waals surface area contributed by atoms with Crippen molar-refractivity contribution in [3.63, 3.8) is 0 Å². The quantitative estimate of drug-likeness (QED) is 0.374. The number of nitrogens with one attached hydrogen (secondary N) is 1. The second-order valence-corrected chi connectivity index (χ2v) is 7.73. The first kappa shape index (κ1) is 21.8. The minimum absolute atomic E-state index is 0.286. The molecule has 0 aliphatic carbocycles.